The van der Waals surface area contributed by atoms with Gasteiger partial charge in [0.05, 0.1) is 0 Å². The Morgan fingerprint density at radius 1 is 1.19 bits per heavy atom. The zero-order valence-electron chi connectivity index (χ0n) is 13.1. The minimum absolute atomic E-state index is 0.133. The smallest absolute Gasteiger partial charge is 0.311 e. The molecule has 1 saturated carbocycles. The molecule has 2 aliphatic rings. The van der Waals surface area contributed by atoms with Crippen molar-refractivity contribution in [1.82, 2.24) is 10.2 Å². The summed E-state index contributed by atoms with van der Waals surface area (Å²) in [6.07, 6.45) is 3.82. The van der Waals surface area contributed by atoms with Crippen molar-refractivity contribution >= 4 is 0 Å². The van der Waals surface area contributed by atoms with Crippen molar-refractivity contribution < 1.29 is 13.2 Å². The molecule has 0 aromatic rings. The molecule has 1 saturated heterocycles. The average molecular weight is 306 g/mol. The summed E-state index contributed by atoms with van der Waals surface area (Å²) in [5.74, 6) is 0. The first-order valence-electron chi connectivity index (χ1n) is 8.50. The lowest BCUT2D eigenvalue weighted by Gasteiger charge is -2.52. The Morgan fingerprint density at radius 2 is 1.90 bits per heavy atom. The number of rotatable bonds is 5. The highest BCUT2D eigenvalue weighted by Crippen LogP contribution is 2.36. The Hall–Kier alpha value is -0.290. The molecule has 0 amide bonds. The van der Waals surface area contributed by atoms with E-state index in [0.717, 1.165) is 38.8 Å². The van der Waals surface area contributed by atoms with E-state index in [1.165, 1.54) is 19.3 Å². The van der Waals surface area contributed by atoms with Gasteiger partial charge in [0.2, 0.25) is 0 Å². The molecule has 1 atom stereocenters. The topological polar surface area (TPSA) is 15.3 Å². The molecule has 5 heteroatoms. The quantitative estimate of drug-likeness (QED) is 0.822. The molecule has 1 N–H and O–H groups in total. The number of alkyl halides is 3. The van der Waals surface area contributed by atoms with Crippen LogP contribution in [0.4, 0.5) is 13.2 Å². The fraction of sp³-hybridized carbons (Fsp3) is 1.00. The van der Waals surface area contributed by atoms with E-state index in [4.69, 9.17) is 0 Å². The zero-order chi connectivity index (χ0) is 15.3. The molecular formula is C16H29F3N2. The van der Waals surface area contributed by atoms with Gasteiger partial charge in [0.25, 0.3) is 0 Å². The van der Waals surface area contributed by atoms with E-state index in [0.29, 0.717) is 12.6 Å². The molecule has 1 spiro atoms. The summed E-state index contributed by atoms with van der Waals surface area (Å²) in [6.45, 7) is 4.65. The summed E-state index contributed by atoms with van der Waals surface area (Å²) in [5.41, 5.74) is 0.133. The van der Waals surface area contributed by atoms with E-state index in [1.54, 1.807) is 0 Å². The standard InChI is InChI=1S/C16H29F3N2/c1-2-7-14-12-21(11-6-10-16(17,18)19)15(13-20-14)8-4-3-5-9-15/h14,20H,2-13H2,1H3. The molecule has 1 aliphatic carbocycles. The van der Waals surface area contributed by atoms with Gasteiger partial charge in [-0.2, -0.15) is 13.2 Å². The van der Waals surface area contributed by atoms with Crippen molar-refractivity contribution in [3.8, 4) is 0 Å². The minimum Gasteiger partial charge on any atom is -0.311 e. The van der Waals surface area contributed by atoms with E-state index in [1.807, 2.05) is 0 Å². The molecule has 1 heterocycles. The summed E-state index contributed by atoms with van der Waals surface area (Å²) in [4.78, 5) is 2.40. The fourth-order valence-corrected chi connectivity index (χ4v) is 4.01. The lowest BCUT2D eigenvalue weighted by Crippen LogP contribution is -2.65. The summed E-state index contributed by atoms with van der Waals surface area (Å²) >= 11 is 0. The average Bonchev–Trinajstić information content (AvgIpc) is 2.43. The molecule has 21 heavy (non-hydrogen) atoms. The van der Waals surface area contributed by atoms with Crippen molar-refractivity contribution in [1.29, 1.82) is 0 Å². The maximum Gasteiger partial charge on any atom is 0.389 e. The Balaban J connectivity index is 1.95. The van der Waals surface area contributed by atoms with Crippen LogP contribution in [0.25, 0.3) is 0 Å². The van der Waals surface area contributed by atoms with E-state index < -0.39 is 12.6 Å². The largest absolute Gasteiger partial charge is 0.389 e. The number of hydrogen-bond donors (Lipinski definition) is 1. The van der Waals surface area contributed by atoms with Crippen LogP contribution in [-0.2, 0) is 0 Å². The molecule has 0 radical (unpaired) electrons. The number of nitrogens with zero attached hydrogens (tertiary/aromatic N) is 1. The van der Waals surface area contributed by atoms with Gasteiger partial charge in [-0.3, -0.25) is 4.90 Å². The van der Waals surface area contributed by atoms with Crippen LogP contribution in [0.15, 0.2) is 0 Å². The highest BCUT2D eigenvalue weighted by atomic mass is 19.4. The number of piperazine rings is 1. The molecule has 0 aromatic carbocycles. The second-order valence-electron chi connectivity index (χ2n) is 6.82. The second-order valence-corrected chi connectivity index (χ2v) is 6.82. The third kappa shape index (κ3) is 4.85. The molecule has 0 bridgehead atoms. The summed E-state index contributed by atoms with van der Waals surface area (Å²) in [5, 5.41) is 3.65. The summed E-state index contributed by atoms with van der Waals surface area (Å²) in [6, 6.07) is 0.452. The number of nitrogens with one attached hydrogen (secondary N) is 1. The van der Waals surface area contributed by atoms with Gasteiger partial charge in [-0.25, -0.2) is 0 Å². The lowest BCUT2D eigenvalue weighted by molar-refractivity contribution is -0.137. The van der Waals surface area contributed by atoms with Crippen molar-refractivity contribution in [2.24, 2.45) is 0 Å². The third-order valence-electron chi connectivity index (χ3n) is 5.14. The summed E-state index contributed by atoms with van der Waals surface area (Å²) < 4.78 is 37.2. The molecular weight excluding hydrogens is 277 g/mol. The van der Waals surface area contributed by atoms with Crippen LogP contribution in [-0.4, -0.2) is 42.3 Å². The third-order valence-corrected chi connectivity index (χ3v) is 5.14. The van der Waals surface area contributed by atoms with E-state index >= 15 is 0 Å². The van der Waals surface area contributed by atoms with E-state index in [-0.39, 0.29) is 12.0 Å². The van der Waals surface area contributed by atoms with Gasteiger partial charge >= 0.3 is 6.18 Å². The predicted octanol–water partition coefficient (Wildman–Crippen LogP) is 4.11. The first-order valence-corrected chi connectivity index (χ1v) is 8.50. The van der Waals surface area contributed by atoms with E-state index in [9.17, 15) is 13.2 Å². The van der Waals surface area contributed by atoms with Gasteiger partial charge in [-0.15, -0.1) is 0 Å². The highest BCUT2D eigenvalue weighted by Gasteiger charge is 2.42. The zero-order valence-corrected chi connectivity index (χ0v) is 13.1. The molecule has 2 nitrogen and oxygen atoms in total. The van der Waals surface area contributed by atoms with E-state index in [2.05, 4.69) is 17.1 Å². The Morgan fingerprint density at radius 3 is 2.52 bits per heavy atom. The van der Waals surface area contributed by atoms with Gasteiger partial charge in [0.1, 0.15) is 0 Å². The monoisotopic (exact) mass is 306 g/mol. The molecule has 2 rings (SSSR count). The van der Waals surface area contributed by atoms with Gasteiger partial charge in [-0.05, 0) is 32.2 Å². The van der Waals surface area contributed by atoms with Crippen LogP contribution < -0.4 is 5.32 Å². The fourth-order valence-electron chi connectivity index (χ4n) is 4.01. The van der Waals surface area contributed by atoms with Crippen LogP contribution >= 0.6 is 0 Å². The molecule has 124 valence electrons. The predicted molar refractivity (Wildman–Crippen MR) is 79.4 cm³/mol. The van der Waals surface area contributed by atoms with Gasteiger partial charge in [0.15, 0.2) is 0 Å². The van der Waals surface area contributed by atoms with Crippen LogP contribution in [0.5, 0.6) is 0 Å². The van der Waals surface area contributed by atoms with Crippen LogP contribution in [0, 0.1) is 0 Å². The minimum atomic E-state index is -4.02. The van der Waals surface area contributed by atoms with Crippen LogP contribution in [0.1, 0.15) is 64.7 Å². The highest BCUT2D eigenvalue weighted by molar-refractivity contribution is 5.00. The maximum atomic E-state index is 12.4. The Kier molecular flexibility index (Phi) is 5.95. The number of halogens is 3. The van der Waals surface area contributed by atoms with Crippen molar-refractivity contribution in [3.05, 3.63) is 0 Å². The molecule has 2 fully saturated rings. The van der Waals surface area contributed by atoms with Crippen molar-refractivity contribution in [2.45, 2.75) is 82.5 Å². The second kappa shape index (κ2) is 7.32. The lowest BCUT2D eigenvalue weighted by atomic mass is 9.78. The van der Waals surface area contributed by atoms with Crippen LogP contribution in [0.3, 0.4) is 0 Å². The van der Waals surface area contributed by atoms with Gasteiger partial charge in [0, 0.05) is 31.1 Å². The molecule has 1 aliphatic heterocycles. The SMILES string of the molecule is CCCC1CN(CCCC(F)(F)F)C2(CCCCC2)CN1. The van der Waals surface area contributed by atoms with Crippen molar-refractivity contribution in [3.63, 3.8) is 0 Å². The van der Waals surface area contributed by atoms with Crippen molar-refractivity contribution in [2.75, 3.05) is 19.6 Å². The normalized spacial score (nSPS) is 27.1. The Labute approximate surface area is 126 Å². The molecule has 1 unspecified atom stereocenters. The van der Waals surface area contributed by atoms with Crippen LogP contribution in [0.2, 0.25) is 0 Å². The van der Waals surface area contributed by atoms with Gasteiger partial charge < -0.3 is 5.32 Å². The van der Waals surface area contributed by atoms with Gasteiger partial charge in [-0.1, -0.05) is 32.6 Å². The summed E-state index contributed by atoms with van der Waals surface area (Å²) in [7, 11) is 0. The first-order chi connectivity index (χ1) is 9.95. The first kappa shape index (κ1) is 17.1. The maximum absolute atomic E-state index is 12.4. The molecule has 0 aromatic heterocycles. The Bertz CT molecular complexity index is 311. The number of hydrogen-bond acceptors (Lipinski definition) is 2.